The highest BCUT2D eigenvalue weighted by Gasteiger charge is 2.15. The summed E-state index contributed by atoms with van der Waals surface area (Å²) >= 11 is 12.0. The molecule has 1 aromatic heterocycles. The summed E-state index contributed by atoms with van der Waals surface area (Å²) in [6.07, 6.45) is 0. The maximum Gasteiger partial charge on any atom is 0.351 e. The molecule has 0 fully saturated rings. The molecule has 0 saturated heterocycles. The molecule has 7 heteroatoms. The van der Waals surface area contributed by atoms with Crippen LogP contribution in [0.4, 0.5) is 0 Å². The van der Waals surface area contributed by atoms with E-state index in [1.165, 1.54) is 6.07 Å². The Balaban J connectivity index is 1.84. The smallest absolute Gasteiger partial charge is 0.351 e. The number of fused-ring (bicyclic) bond motifs is 1. The molecule has 0 aliphatic rings. The van der Waals surface area contributed by atoms with Crippen LogP contribution in [0, 0.1) is 0 Å². The molecule has 0 amide bonds. The van der Waals surface area contributed by atoms with E-state index >= 15 is 0 Å². The molecule has 0 spiro atoms. The molecule has 0 aliphatic carbocycles. The maximum atomic E-state index is 12.0. The van der Waals surface area contributed by atoms with Crippen molar-refractivity contribution >= 4 is 40.1 Å². The van der Waals surface area contributed by atoms with Gasteiger partial charge in [-0.25, -0.2) is 9.59 Å². The predicted molar refractivity (Wildman–Crippen MR) is 99.2 cm³/mol. The highest BCUT2D eigenvalue weighted by atomic mass is 35.5. The normalized spacial score (nSPS) is 10.7. The second-order valence-corrected chi connectivity index (χ2v) is 6.24. The molecule has 3 aromatic rings. The molecule has 0 aliphatic heterocycles. The summed E-state index contributed by atoms with van der Waals surface area (Å²) < 4.78 is 15.8. The Kier molecular flexibility index (Phi) is 5.49. The first-order valence-corrected chi connectivity index (χ1v) is 8.55. The third-order valence-electron chi connectivity index (χ3n) is 3.61. The second-order valence-electron chi connectivity index (χ2n) is 5.39. The van der Waals surface area contributed by atoms with E-state index in [-0.39, 0.29) is 18.8 Å². The van der Waals surface area contributed by atoms with Gasteiger partial charge >= 0.3 is 11.6 Å². The van der Waals surface area contributed by atoms with Crippen LogP contribution < -0.4 is 10.4 Å². The maximum absolute atomic E-state index is 12.0. The largest absolute Gasteiger partial charge is 0.489 e. The van der Waals surface area contributed by atoms with Crippen molar-refractivity contribution in [1.82, 2.24) is 0 Å². The Morgan fingerprint density at radius 1 is 1.12 bits per heavy atom. The van der Waals surface area contributed by atoms with Gasteiger partial charge in [-0.05, 0) is 37.3 Å². The zero-order chi connectivity index (χ0) is 18.7. The van der Waals surface area contributed by atoms with E-state index in [2.05, 4.69) is 0 Å². The molecular formula is C19H14Cl2O5. The molecule has 26 heavy (non-hydrogen) atoms. The van der Waals surface area contributed by atoms with Crippen LogP contribution in [0.2, 0.25) is 10.0 Å². The number of ether oxygens (including phenoxy) is 2. The van der Waals surface area contributed by atoms with E-state index in [0.717, 1.165) is 5.56 Å². The molecule has 0 saturated carbocycles. The first kappa shape index (κ1) is 18.3. The van der Waals surface area contributed by atoms with E-state index in [1.807, 2.05) is 0 Å². The van der Waals surface area contributed by atoms with Gasteiger partial charge in [-0.3, -0.25) is 0 Å². The lowest BCUT2D eigenvalue weighted by molar-refractivity contribution is 0.0522. The summed E-state index contributed by atoms with van der Waals surface area (Å²) in [5.41, 5.74) is 0.188. The Labute approximate surface area is 159 Å². The highest BCUT2D eigenvalue weighted by molar-refractivity contribution is 6.35. The molecule has 5 nitrogen and oxygen atoms in total. The minimum Gasteiger partial charge on any atom is -0.489 e. The first-order valence-electron chi connectivity index (χ1n) is 7.79. The lowest BCUT2D eigenvalue weighted by atomic mass is 10.2. The van der Waals surface area contributed by atoms with E-state index in [1.54, 1.807) is 43.3 Å². The third-order valence-corrected chi connectivity index (χ3v) is 4.20. The quantitative estimate of drug-likeness (QED) is 0.458. The van der Waals surface area contributed by atoms with Gasteiger partial charge in [0.05, 0.1) is 6.61 Å². The van der Waals surface area contributed by atoms with Crippen molar-refractivity contribution in [1.29, 1.82) is 0 Å². The van der Waals surface area contributed by atoms with Crippen LogP contribution in [0.25, 0.3) is 11.0 Å². The zero-order valence-corrected chi connectivity index (χ0v) is 15.3. The fourth-order valence-electron chi connectivity index (χ4n) is 2.33. The number of halogens is 2. The van der Waals surface area contributed by atoms with Crippen LogP contribution >= 0.6 is 23.2 Å². The number of hydrogen-bond acceptors (Lipinski definition) is 5. The average molecular weight is 393 g/mol. The number of carbonyl (C=O) groups excluding carboxylic acids is 1. The van der Waals surface area contributed by atoms with Crippen molar-refractivity contribution < 1.29 is 18.7 Å². The van der Waals surface area contributed by atoms with Crippen molar-refractivity contribution in [3.63, 3.8) is 0 Å². The summed E-state index contributed by atoms with van der Waals surface area (Å²) in [6.45, 7) is 2.07. The SMILES string of the molecule is CCOC(=O)c1cc2ccc(OCc3ccc(Cl)cc3Cl)cc2oc1=O. The molecule has 0 unspecified atom stereocenters. The standard InChI is InChI=1S/C19H14Cl2O5/c1-2-24-18(22)15-7-11-4-6-14(9-17(11)26-19(15)23)25-10-12-3-5-13(20)8-16(12)21/h3-9H,2,10H2,1H3. The van der Waals surface area contributed by atoms with Gasteiger partial charge in [-0.1, -0.05) is 29.3 Å². The first-order chi connectivity index (χ1) is 12.5. The fourth-order valence-corrected chi connectivity index (χ4v) is 2.80. The van der Waals surface area contributed by atoms with Gasteiger partial charge in [0.25, 0.3) is 0 Å². The Morgan fingerprint density at radius 2 is 1.92 bits per heavy atom. The monoisotopic (exact) mass is 392 g/mol. The summed E-state index contributed by atoms with van der Waals surface area (Å²) in [4.78, 5) is 23.7. The predicted octanol–water partition coefficient (Wildman–Crippen LogP) is 4.86. The Hall–Kier alpha value is -2.50. The number of benzene rings is 2. The topological polar surface area (TPSA) is 65.7 Å². The summed E-state index contributed by atoms with van der Waals surface area (Å²) in [7, 11) is 0. The van der Waals surface area contributed by atoms with Gasteiger partial charge in [-0.15, -0.1) is 0 Å². The summed E-state index contributed by atoms with van der Waals surface area (Å²) in [6, 6.07) is 11.6. The number of esters is 1. The van der Waals surface area contributed by atoms with Crippen LogP contribution in [0.3, 0.4) is 0 Å². The van der Waals surface area contributed by atoms with Gasteiger partial charge < -0.3 is 13.9 Å². The Morgan fingerprint density at radius 3 is 2.65 bits per heavy atom. The van der Waals surface area contributed by atoms with Crippen LogP contribution in [0.1, 0.15) is 22.8 Å². The van der Waals surface area contributed by atoms with Crippen molar-refractivity contribution in [3.8, 4) is 5.75 Å². The molecule has 3 rings (SSSR count). The molecule has 0 radical (unpaired) electrons. The highest BCUT2D eigenvalue weighted by Crippen LogP contribution is 2.25. The summed E-state index contributed by atoms with van der Waals surface area (Å²) in [5.74, 6) is -0.212. The lowest BCUT2D eigenvalue weighted by Gasteiger charge is -2.09. The van der Waals surface area contributed by atoms with Crippen LogP contribution in [-0.4, -0.2) is 12.6 Å². The van der Waals surface area contributed by atoms with Gasteiger partial charge in [-0.2, -0.15) is 0 Å². The van der Waals surface area contributed by atoms with Gasteiger partial charge in [0.2, 0.25) is 0 Å². The van der Waals surface area contributed by atoms with Crippen molar-refractivity contribution in [3.05, 3.63) is 74.1 Å². The summed E-state index contributed by atoms with van der Waals surface area (Å²) in [5, 5.41) is 1.64. The lowest BCUT2D eigenvalue weighted by Crippen LogP contribution is -2.16. The molecule has 1 heterocycles. The van der Waals surface area contributed by atoms with E-state index in [9.17, 15) is 9.59 Å². The molecule has 0 N–H and O–H groups in total. The fraction of sp³-hybridized carbons (Fsp3) is 0.158. The minimum absolute atomic E-state index is 0.138. The van der Waals surface area contributed by atoms with Crippen LogP contribution in [0.5, 0.6) is 5.75 Å². The molecule has 2 aromatic carbocycles. The number of rotatable bonds is 5. The van der Waals surface area contributed by atoms with E-state index in [0.29, 0.717) is 26.8 Å². The molecule has 0 atom stereocenters. The van der Waals surface area contributed by atoms with Crippen molar-refractivity contribution in [2.45, 2.75) is 13.5 Å². The van der Waals surface area contributed by atoms with Crippen molar-refractivity contribution in [2.75, 3.05) is 6.61 Å². The molecule has 0 bridgehead atoms. The Bertz CT molecular complexity index is 1030. The van der Waals surface area contributed by atoms with Crippen LogP contribution in [-0.2, 0) is 11.3 Å². The second kappa shape index (κ2) is 7.81. The average Bonchev–Trinajstić information content (AvgIpc) is 2.60. The molecule has 134 valence electrons. The van der Waals surface area contributed by atoms with Gasteiger partial charge in [0.15, 0.2) is 0 Å². The van der Waals surface area contributed by atoms with Gasteiger partial charge in [0, 0.05) is 27.1 Å². The molecular weight excluding hydrogens is 379 g/mol. The third kappa shape index (κ3) is 4.00. The van der Waals surface area contributed by atoms with E-state index < -0.39 is 11.6 Å². The van der Waals surface area contributed by atoms with Crippen LogP contribution in [0.15, 0.2) is 51.7 Å². The van der Waals surface area contributed by atoms with E-state index in [4.69, 9.17) is 37.1 Å². The van der Waals surface area contributed by atoms with Crippen molar-refractivity contribution in [2.24, 2.45) is 0 Å². The number of hydrogen-bond donors (Lipinski definition) is 0. The number of carbonyl (C=O) groups is 1. The van der Waals surface area contributed by atoms with Gasteiger partial charge in [0.1, 0.15) is 23.5 Å². The minimum atomic E-state index is -0.756. The zero-order valence-electron chi connectivity index (χ0n) is 13.8.